The van der Waals surface area contributed by atoms with Gasteiger partial charge in [0, 0.05) is 40.9 Å². The van der Waals surface area contributed by atoms with Crippen LogP contribution in [0.4, 0.5) is 10.1 Å². The summed E-state index contributed by atoms with van der Waals surface area (Å²) in [6.07, 6.45) is -0.139. The maximum Gasteiger partial charge on any atom is 0.326 e. The number of amides is 2. The molecule has 7 nitrogen and oxygen atoms in total. The van der Waals surface area contributed by atoms with Crippen LogP contribution in [0.15, 0.2) is 60.7 Å². The molecular formula is C37H45Cl2FN2O5Si. The smallest absolute Gasteiger partial charge is 0.326 e. The number of hydrogen-bond acceptors (Lipinski definition) is 5. The van der Waals surface area contributed by atoms with Crippen molar-refractivity contribution in [3.63, 3.8) is 0 Å². The van der Waals surface area contributed by atoms with Gasteiger partial charge < -0.3 is 19.7 Å². The first-order chi connectivity index (χ1) is 22.3. The predicted octanol–water partition coefficient (Wildman–Crippen LogP) is 8.63. The summed E-state index contributed by atoms with van der Waals surface area (Å²) in [7, 11) is 0.798. The lowest BCUT2D eigenvalue weighted by Gasteiger charge is -2.51. The maximum absolute atomic E-state index is 14.7. The summed E-state index contributed by atoms with van der Waals surface area (Å²) in [5.74, 6) is -2.61. The summed E-state index contributed by atoms with van der Waals surface area (Å²) in [6, 6.07) is 15.4. The van der Waals surface area contributed by atoms with E-state index in [1.54, 1.807) is 76.4 Å². The quantitative estimate of drug-likeness (QED) is 0.204. The molecule has 0 saturated carbocycles. The average molecular weight is 716 g/mol. The van der Waals surface area contributed by atoms with Crippen molar-refractivity contribution in [2.24, 2.45) is 0 Å². The van der Waals surface area contributed by atoms with Gasteiger partial charge >= 0.3 is 5.97 Å². The van der Waals surface area contributed by atoms with E-state index in [1.807, 2.05) is 6.92 Å². The highest BCUT2D eigenvalue weighted by molar-refractivity contribution is 6.77. The van der Waals surface area contributed by atoms with E-state index >= 15 is 0 Å². The molecule has 11 heteroatoms. The highest BCUT2D eigenvalue weighted by Gasteiger charge is 2.63. The normalized spacial score (nSPS) is 21.3. The van der Waals surface area contributed by atoms with Gasteiger partial charge in [-0.25, -0.2) is 4.39 Å². The molecule has 4 atom stereocenters. The molecule has 0 aromatic heterocycles. The molecule has 3 aromatic carbocycles. The van der Waals surface area contributed by atoms with Gasteiger partial charge in [0.2, 0.25) is 11.8 Å². The lowest BCUT2D eigenvalue weighted by Crippen LogP contribution is -2.59. The lowest BCUT2D eigenvalue weighted by molar-refractivity contribution is -0.164. The fraction of sp³-hybridized carbons (Fsp3) is 0.432. The summed E-state index contributed by atoms with van der Waals surface area (Å²) in [6.45, 7) is 15.7. The van der Waals surface area contributed by atoms with Gasteiger partial charge in [-0.2, -0.15) is 0 Å². The fourth-order valence-electron chi connectivity index (χ4n) is 6.49. The Morgan fingerprint density at radius 3 is 2.31 bits per heavy atom. The molecule has 1 spiro atoms. The van der Waals surface area contributed by atoms with Gasteiger partial charge in [-0.05, 0) is 93.3 Å². The van der Waals surface area contributed by atoms with Gasteiger partial charge in [-0.1, -0.05) is 67.1 Å². The molecule has 2 amide bonds. The number of nitrogens with zero attached hydrogens (tertiary/aromatic N) is 1. The number of esters is 1. The van der Waals surface area contributed by atoms with E-state index in [2.05, 4.69) is 31.9 Å². The number of ether oxygens (including phenoxy) is 2. The predicted molar refractivity (Wildman–Crippen MR) is 192 cm³/mol. The van der Waals surface area contributed by atoms with Crippen LogP contribution in [0.25, 0.3) is 0 Å². The van der Waals surface area contributed by atoms with E-state index in [-0.39, 0.29) is 24.8 Å². The van der Waals surface area contributed by atoms with E-state index in [0.29, 0.717) is 38.2 Å². The molecule has 1 N–H and O–H groups in total. The summed E-state index contributed by atoms with van der Waals surface area (Å²) in [5, 5.41) is 3.79. The number of piperidine rings is 1. The number of anilines is 1. The first-order valence-corrected chi connectivity index (χ1v) is 20.3. The van der Waals surface area contributed by atoms with Crippen molar-refractivity contribution in [3.05, 3.63) is 98.8 Å². The zero-order valence-corrected chi connectivity index (χ0v) is 31.6. The SMILES string of the molecule is COC(C)[Si](C)(C)C.Cc1ccc(F)cc1C1CC(=O)N(CC(=O)OC(C)(C)C)C(c2cccc(Cl)c2)C12C(=O)Nc1cc(Cl)ccc12. The fourth-order valence-corrected chi connectivity index (χ4v) is 7.56. The van der Waals surface area contributed by atoms with Crippen molar-refractivity contribution in [2.45, 2.75) is 89.4 Å². The second-order valence-corrected chi connectivity index (χ2v) is 21.0. The van der Waals surface area contributed by atoms with E-state index in [4.69, 9.17) is 32.7 Å². The Hall–Kier alpha value is -3.24. The van der Waals surface area contributed by atoms with E-state index in [9.17, 15) is 18.8 Å². The molecule has 0 radical (unpaired) electrons. The Labute approximate surface area is 294 Å². The van der Waals surface area contributed by atoms with Gasteiger partial charge in [0.25, 0.3) is 0 Å². The molecule has 4 unspecified atom stereocenters. The van der Waals surface area contributed by atoms with Crippen LogP contribution in [0.3, 0.4) is 0 Å². The van der Waals surface area contributed by atoms with E-state index in [0.717, 1.165) is 5.56 Å². The van der Waals surface area contributed by atoms with Crippen LogP contribution in [0.5, 0.6) is 0 Å². The lowest BCUT2D eigenvalue weighted by atomic mass is 9.58. The molecule has 1 saturated heterocycles. The largest absolute Gasteiger partial charge is 0.459 e. The topological polar surface area (TPSA) is 84.9 Å². The number of nitrogens with one attached hydrogen (secondary N) is 1. The van der Waals surface area contributed by atoms with Crippen LogP contribution in [0.2, 0.25) is 29.7 Å². The molecule has 2 heterocycles. The Bertz CT molecular complexity index is 1710. The Morgan fingerprint density at radius 2 is 1.73 bits per heavy atom. The number of aryl methyl sites for hydroxylation is 1. The van der Waals surface area contributed by atoms with Gasteiger partial charge in [0.05, 0.1) is 14.1 Å². The van der Waals surface area contributed by atoms with Gasteiger partial charge in [0.1, 0.15) is 23.4 Å². The zero-order valence-electron chi connectivity index (χ0n) is 29.0. The average Bonchev–Trinajstić information content (AvgIpc) is 3.25. The molecule has 5 rings (SSSR count). The minimum Gasteiger partial charge on any atom is -0.459 e. The maximum atomic E-state index is 14.7. The number of fused-ring (bicyclic) bond motifs is 2. The minimum atomic E-state index is -1.45. The monoisotopic (exact) mass is 714 g/mol. The first-order valence-electron chi connectivity index (χ1n) is 16.0. The third-order valence-electron chi connectivity index (χ3n) is 9.12. The number of carbonyl (C=O) groups is 3. The van der Waals surface area contributed by atoms with E-state index in [1.165, 1.54) is 17.0 Å². The number of methoxy groups -OCH3 is 1. The van der Waals surface area contributed by atoms with E-state index < -0.39 is 42.8 Å². The number of rotatable bonds is 6. The van der Waals surface area contributed by atoms with Crippen molar-refractivity contribution < 1.29 is 28.2 Å². The number of halogens is 3. The number of likely N-dealkylation sites (tertiary alicyclic amines) is 1. The minimum absolute atomic E-state index is 0.139. The highest BCUT2D eigenvalue weighted by atomic mass is 35.5. The molecule has 0 bridgehead atoms. The van der Waals surface area contributed by atoms with Gasteiger partial charge in [-0.3, -0.25) is 14.4 Å². The molecule has 258 valence electrons. The second-order valence-electron chi connectivity index (χ2n) is 14.6. The van der Waals surface area contributed by atoms with Crippen LogP contribution < -0.4 is 5.32 Å². The van der Waals surface area contributed by atoms with Crippen LogP contribution in [-0.2, 0) is 29.3 Å². The molecule has 48 heavy (non-hydrogen) atoms. The van der Waals surface area contributed by atoms with Crippen molar-refractivity contribution in [1.82, 2.24) is 4.90 Å². The van der Waals surface area contributed by atoms with Crippen LogP contribution in [-0.4, -0.2) is 55.7 Å². The summed E-state index contributed by atoms with van der Waals surface area (Å²) >= 11 is 12.7. The molecule has 2 aliphatic heterocycles. The Balaban J connectivity index is 0.000000579. The zero-order chi connectivity index (χ0) is 35.8. The number of carbonyl (C=O) groups excluding carboxylic acids is 3. The highest BCUT2D eigenvalue weighted by Crippen LogP contribution is 2.60. The summed E-state index contributed by atoms with van der Waals surface area (Å²) in [5.41, 5.74) is 1.18. The third-order valence-corrected chi connectivity index (χ3v) is 12.3. The molecule has 0 aliphatic carbocycles. The molecular weight excluding hydrogens is 670 g/mol. The number of hydrogen-bond donors (Lipinski definition) is 1. The van der Waals surface area contributed by atoms with Crippen LogP contribution >= 0.6 is 23.2 Å². The first kappa shape index (κ1) is 37.6. The number of benzene rings is 3. The third kappa shape index (κ3) is 7.80. The Kier molecular flexibility index (Phi) is 11.2. The van der Waals surface area contributed by atoms with Crippen LogP contribution in [0.1, 0.15) is 68.3 Å². The van der Waals surface area contributed by atoms with Gasteiger partial charge in [0.15, 0.2) is 0 Å². The molecule has 1 fully saturated rings. The Morgan fingerprint density at radius 1 is 1.06 bits per heavy atom. The molecule has 2 aliphatic rings. The second kappa shape index (κ2) is 14.3. The van der Waals surface area contributed by atoms with Gasteiger partial charge in [-0.15, -0.1) is 0 Å². The summed E-state index contributed by atoms with van der Waals surface area (Å²) < 4.78 is 25.5. The van der Waals surface area contributed by atoms with Crippen molar-refractivity contribution in [3.8, 4) is 0 Å². The van der Waals surface area contributed by atoms with Crippen molar-refractivity contribution >= 4 is 54.7 Å². The molecule has 3 aromatic rings. The van der Waals surface area contributed by atoms with Crippen molar-refractivity contribution in [1.29, 1.82) is 0 Å². The van der Waals surface area contributed by atoms with Crippen molar-refractivity contribution in [2.75, 3.05) is 19.0 Å². The van der Waals surface area contributed by atoms with Crippen LogP contribution in [0, 0.1) is 12.7 Å². The summed E-state index contributed by atoms with van der Waals surface area (Å²) in [4.78, 5) is 42.9. The standard InChI is InChI=1S/C31H29Cl2FN2O4.C6H16OSi/c1-17-8-10-21(34)14-22(17)24-15-26(37)36(16-27(38)40-30(2,3)4)28(18-6-5-7-19(32)12-18)31(24)23-11-9-20(33)13-25(23)35-29(31)39;1-6(7-2)8(3,4)5/h5-14,24,28H,15-16H2,1-4H3,(H,35,39);6H,1-5H3.